The highest BCUT2D eigenvalue weighted by molar-refractivity contribution is 5.45. The third-order valence-electron chi connectivity index (χ3n) is 5.43. The summed E-state index contributed by atoms with van der Waals surface area (Å²) in [6, 6.07) is 12.7. The molecule has 3 aromatic rings. The summed E-state index contributed by atoms with van der Waals surface area (Å²) in [7, 11) is 0. The molecule has 5 rings (SSSR count). The standard InChI is InChI=1S/C21H26N6O/c1-15-13-26(9-10-28-15)14-17-4-2-3-16(11-17)12-22-19-7-8-20-23-24-21(18-5-6-18)27(20)25-19/h2-4,7-8,11,15,18H,5-6,9-10,12-14H2,1H3,(H,22,25). The summed E-state index contributed by atoms with van der Waals surface area (Å²) in [6.07, 6.45) is 2.70. The van der Waals surface area contributed by atoms with E-state index in [9.17, 15) is 0 Å². The lowest BCUT2D eigenvalue weighted by Gasteiger charge is -2.31. The number of fused-ring (bicyclic) bond motifs is 1. The van der Waals surface area contributed by atoms with E-state index in [4.69, 9.17) is 9.84 Å². The molecular weight excluding hydrogens is 352 g/mol. The van der Waals surface area contributed by atoms with Crippen LogP contribution in [0.5, 0.6) is 0 Å². The van der Waals surface area contributed by atoms with E-state index in [1.54, 1.807) is 0 Å². The molecule has 2 aliphatic rings. The largest absolute Gasteiger partial charge is 0.376 e. The number of nitrogens with zero attached hydrogens (tertiary/aromatic N) is 5. The van der Waals surface area contributed by atoms with Gasteiger partial charge in [0.2, 0.25) is 0 Å². The SMILES string of the molecule is CC1CN(Cc2cccc(CNc3ccc4nnc(C5CC5)n4n3)c2)CCO1. The molecule has 1 aliphatic carbocycles. The molecule has 1 atom stereocenters. The number of morpholine rings is 1. The Balaban J connectivity index is 1.25. The number of nitrogens with one attached hydrogen (secondary N) is 1. The summed E-state index contributed by atoms with van der Waals surface area (Å²) < 4.78 is 7.52. The van der Waals surface area contributed by atoms with Gasteiger partial charge in [-0.2, -0.15) is 4.52 Å². The summed E-state index contributed by atoms with van der Waals surface area (Å²) >= 11 is 0. The zero-order valence-electron chi connectivity index (χ0n) is 16.2. The topological polar surface area (TPSA) is 67.6 Å². The van der Waals surface area contributed by atoms with Crippen LogP contribution in [0, 0.1) is 0 Å². The summed E-state index contributed by atoms with van der Waals surface area (Å²) in [5.74, 6) is 2.36. The number of rotatable bonds is 6. The van der Waals surface area contributed by atoms with Crippen LogP contribution < -0.4 is 5.32 Å². The minimum atomic E-state index is 0.317. The molecule has 0 spiro atoms. The van der Waals surface area contributed by atoms with Crippen LogP contribution in [0.25, 0.3) is 5.65 Å². The van der Waals surface area contributed by atoms with Gasteiger partial charge < -0.3 is 10.1 Å². The molecule has 1 aromatic carbocycles. The van der Waals surface area contributed by atoms with Crippen LogP contribution in [0.15, 0.2) is 36.4 Å². The maximum absolute atomic E-state index is 5.64. The number of benzene rings is 1. The van der Waals surface area contributed by atoms with Crippen LogP contribution in [-0.4, -0.2) is 50.5 Å². The molecule has 0 amide bonds. The molecule has 7 heteroatoms. The molecule has 0 bridgehead atoms. The monoisotopic (exact) mass is 378 g/mol. The lowest BCUT2D eigenvalue weighted by Crippen LogP contribution is -2.40. The van der Waals surface area contributed by atoms with Crippen molar-refractivity contribution in [3.63, 3.8) is 0 Å². The molecule has 2 fully saturated rings. The van der Waals surface area contributed by atoms with Gasteiger partial charge in [-0.25, -0.2) is 0 Å². The maximum atomic E-state index is 5.64. The van der Waals surface area contributed by atoms with Gasteiger partial charge in [0, 0.05) is 32.1 Å². The van der Waals surface area contributed by atoms with E-state index < -0.39 is 0 Å². The average molecular weight is 378 g/mol. The van der Waals surface area contributed by atoms with Gasteiger partial charge in [-0.15, -0.1) is 15.3 Å². The zero-order chi connectivity index (χ0) is 18.9. The zero-order valence-corrected chi connectivity index (χ0v) is 16.2. The Kier molecular flexibility index (Phi) is 4.70. The van der Waals surface area contributed by atoms with Crippen molar-refractivity contribution in [2.24, 2.45) is 0 Å². The molecular formula is C21H26N6O. The molecule has 28 heavy (non-hydrogen) atoms. The van der Waals surface area contributed by atoms with Gasteiger partial charge in [0.25, 0.3) is 0 Å². The number of anilines is 1. The van der Waals surface area contributed by atoms with Crippen LogP contribution in [-0.2, 0) is 17.8 Å². The summed E-state index contributed by atoms with van der Waals surface area (Å²) in [4.78, 5) is 2.46. The van der Waals surface area contributed by atoms with Gasteiger partial charge in [-0.1, -0.05) is 24.3 Å². The van der Waals surface area contributed by atoms with Gasteiger partial charge in [0.1, 0.15) is 5.82 Å². The molecule has 1 saturated carbocycles. The van der Waals surface area contributed by atoms with E-state index in [1.165, 1.54) is 24.0 Å². The molecule has 1 aliphatic heterocycles. The predicted octanol–water partition coefficient (Wildman–Crippen LogP) is 2.83. The van der Waals surface area contributed by atoms with Crippen molar-refractivity contribution in [1.82, 2.24) is 24.7 Å². The summed E-state index contributed by atoms with van der Waals surface area (Å²) in [5.41, 5.74) is 3.41. The van der Waals surface area contributed by atoms with Gasteiger partial charge in [-0.05, 0) is 43.0 Å². The number of hydrogen-bond donors (Lipinski definition) is 1. The average Bonchev–Trinajstić information content (AvgIpc) is 3.46. The molecule has 7 nitrogen and oxygen atoms in total. The van der Waals surface area contributed by atoms with E-state index in [0.29, 0.717) is 12.0 Å². The van der Waals surface area contributed by atoms with Crippen molar-refractivity contribution < 1.29 is 4.74 Å². The third kappa shape index (κ3) is 3.86. The Bertz CT molecular complexity index is 966. The van der Waals surface area contributed by atoms with Crippen molar-refractivity contribution in [3.05, 3.63) is 53.3 Å². The minimum absolute atomic E-state index is 0.317. The van der Waals surface area contributed by atoms with Crippen LogP contribution >= 0.6 is 0 Å². The van der Waals surface area contributed by atoms with E-state index in [2.05, 4.69) is 51.6 Å². The normalized spacial score (nSPS) is 20.5. The van der Waals surface area contributed by atoms with Crippen molar-refractivity contribution in [2.75, 3.05) is 25.0 Å². The summed E-state index contributed by atoms with van der Waals surface area (Å²) in [6.45, 7) is 6.67. The lowest BCUT2D eigenvalue weighted by atomic mass is 10.1. The Morgan fingerprint density at radius 3 is 2.89 bits per heavy atom. The van der Waals surface area contributed by atoms with E-state index in [-0.39, 0.29) is 0 Å². The number of ether oxygens (including phenoxy) is 1. The number of aromatic nitrogens is 4. The smallest absolute Gasteiger partial charge is 0.178 e. The highest BCUT2D eigenvalue weighted by atomic mass is 16.5. The van der Waals surface area contributed by atoms with Gasteiger partial charge in [0.15, 0.2) is 11.5 Å². The van der Waals surface area contributed by atoms with E-state index in [1.807, 2.05) is 16.6 Å². The van der Waals surface area contributed by atoms with Crippen LogP contribution in [0.4, 0.5) is 5.82 Å². The molecule has 0 radical (unpaired) electrons. The Hall–Kier alpha value is -2.51. The van der Waals surface area contributed by atoms with Crippen molar-refractivity contribution in [2.45, 2.75) is 44.9 Å². The fraction of sp³-hybridized carbons (Fsp3) is 0.476. The number of hydrogen-bond acceptors (Lipinski definition) is 6. The maximum Gasteiger partial charge on any atom is 0.178 e. The van der Waals surface area contributed by atoms with Crippen molar-refractivity contribution in [1.29, 1.82) is 0 Å². The van der Waals surface area contributed by atoms with E-state index >= 15 is 0 Å². The Morgan fingerprint density at radius 2 is 2.04 bits per heavy atom. The molecule has 1 unspecified atom stereocenters. The van der Waals surface area contributed by atoms with Crippen LogP contribution in [0.1, 0.15) is 42.6 Å². The molecule has 2 aromatic heterocycles. The highest BCUT2D eigenvalue weighted by Gasteiger charge is 2.29. The predicted molar refractivity (Wildman–Crippen MR) is 107 cm³/mol. The van der Waals surface area contributed by atoms with E-state index in [0.717, 1.165) is 50.1 Å². The molecule has 146 valence electrons. The Morgan fingerprint density at radius 1 is 1.14 bits per heavy atom. The minimum Gasteiger partial charge on any atom is -0.376 e. The first-order valence-corrected chi connectivity index (χ1v) is 10.1. The fourth-order valence-electron chi connectivity index (χ4n) is 3.82. The van der Waals surface area contributed by atoms with Gasteiger partial charge >= 0.3 is 0 Å². The third-order valence-corrected chi connectivity index (χ3v) is 5.43. The second-order valence-corrected chi connectivity index (χ2v) is 7.91. The van der Waals surface area contributed by atoms with Gasteiger partial charge in [0.05, 0.1) is 12.7 Å². The molecule has 1 N–H and O–H groups in total. The summed E-state index contributed by atoms with van der Waals surface area (Å²) in [5, 5.41) is 16.7. The second kappa shape index (κ2) is 7.48. The molecule has 3 heterocycles. The first kappa shape index (κ1) is 17.6. The quantitative estimate of drug-likeness (QED) is 0.711. The second-order valence-electron chi connectivity index (χ2n) is 7.91. The Labute approximate surface area is 164 Å². The lowest BCUT2D eigenvalue weighted by molar-refractivity contribution is -0.0212. The van der Waals surface area contributed by atoms with Crippen LogP contribution in [0.3, 0.4) is 0 Å². The highest BCUT2D eigenvalue weighted by Crippen LogP contribution is 2.38. The van der Waals surface area contributed by atoms with Crippen LogP contribution in [0.2, 0.25) is 0 Å². The first-order chi connectivity index (χ1) is 13.7. The first-order valence-electron chi connectivity index (χ1n) is 10.1. The van der Waals surface area contributed by atoms with Gasteiger partial charge in [-0.3, -0.25) is 4.90 Å². The fourth-order valence-corrected chi connectivity index (χ4v) is 3.82. The van der Waals surface area contributed by atoms with Crippen molar-refractivity contribution >= 4 is 11.5 Å². The molecule has 1 saturated heterocycles. The van der Waals surface area contributed by atoms with Crippen molar-refractivity contribution in [3.8, 4) is 0 Å².